The number of hydrogen-bond donors (Lipinski definition) is 2. The van der Waals surface area contributed by atoms with E-state index in [2.05, 4.69) is 10.6 Å². The Labute approximate surface area is 112 Å². The second kappa shape index (κ2) is 5.91. The Kier molecular flexibility index (Phi) is 4.75. The minimum Gasteiger partial charge on any atom is -0.477 e. The van der Waals surface area contributed by atoms with Crippen molar-refractivity contribution in [3.63, 3.8) is 0 Å². The van der Waals surface area contributed by atoms with Crippen LogP contribution >= 0.6 is 0 Å². The fraction of sp³-hybridized carbons (Fsp3) is 0.417. The summed E-state index contributed by atoms with van der Waals surface area (Å²) in [6, 6.07) is 0.469. The van der Waals surface area contributed by atoms with Gasteiger partial charge in [-0.25, -0.2) is 13.2 Å². The number of hydrogen-bond acceptors (Lipinski definition) is 3. The van der Waals surface area contributed by atoms with Gasteiger partial charge in [0.25, 0.3) is 0 Å². The summed E-state index contributed by atoms with van der Waals surface area (Å²) in [5.74, 6) is 1.08. The molecule has 0 saturated heterocycles. The summed E-state index contributed by atoms with van der Waals surface area (Å²) < 4.78 is 27.6. The number of carboxylic acids is 1. The molecule has 0 spiro atoms. The van der Waals surface area contributed by atoms with E-state index in [9.17, 15) is 13.2 Å². The molecule has 1 unspecified atom stereocenters. The predicted octanol–water partition coefficient (Wildman–Crippen LogP) is 0.896. The Morgan fingerprint density at radius 3 is 2.74 bits per heavy atom. The molecule has 6 nitrogen and oxygen atoms in total. The topological polar surface area (TPSA) is 88.4 Å². The molecule has 1 heterocycles. The lowest BCUT2D eigenvalue weighted by Gasteiger charge is -2.06. The van der Waals surface area contributed by atoms with Crippen molar-refractivity contribution in [1.82, 2.24) is 9.29 Å². The maximum atomic E-state index is 12.0. The van der Waals surface area contributed by atoms with Crippen molar-refractivity contribution in [3.05, 3.63) is 18.0 Å². The van der Waals surface area contributed by atoms with Crippen molar-refractivity contribution in [3.8, 4) is 12.3 Å². The zero-order valence-corrected chi connectivity index (χ0v) is 11.6. The van der Waals surface area contributed by atoms with Gasteiger partial charge in [-0.3, -0.25) is 0 Å². The first kappa shape index (κ1) is 15.3. The van der Waals surface area contributed by atoms with Crippen LogP contribution in [0.25, 0.3) is 0 Å². The Morgan fingerprint density at radius 1 is 1.63 bits per heavy atom. The van der Waals surface area contributed by atoms with E-state index in [0.29, 0.717) is 13.0 Å². The van der Waals surface area contributed by atoms with E-state index in [1.54, 1.807) is 0 Å². The Balaban J connectivity index is 3.18. The molecule has 2 N–H and O–H groups in total. The number of nitrogens with one attached hydrogen (secondary N) is 1. The van der Waals surface area contributed by atoms with Crippen LogP contribution in [0.5, 0.6) is 0 Å². The third kappa shape index (κ3) is 3.59. The van der Waals surface area contributed by atoms with Gasteiger partial charge in [-0.15, -0.1) is 6.42 Å². The molecule has 1 rings (SSSR count). The van der Waals surface area contributed by atoms with Gasteiger partial charge >= 0.3 is 5.97 Å². The SMILES string of the molecule is C#CC(C)NS(=O)(=O)c1cc(C(=O)O)n(CCC)c1. The lowest BCUT2D eigenvalue weighted by molar-refractivity contribution is 0.0685. The van der Waals surface area contributed by atoms with Gasteiger partial charge < -0.3 is 9.67 Å². The number of aryl methyl sites for hydroxylation is 1. The predicted molar refractivity (Wildman–Crippen MR) is 70.3 cm³/mol. The number of sulfonamides is 1. The number of aromatic nitrogens is 1. The molecule has 0 bridgehead atoms. The van der Waals surface area contributed by atoms with Crippen LogP contribution in [0.4, 0.5) is 0 Å². The lowest BCUT2D eigenvalue weighted by atomic mass is 10.4. The van der Waals surface area contributed by atoms with Crippen LogP contribution in [0.3, 0.4) is 0 Å². The number of rotatable bonds is 6. The molecule has 0 amide bonds. The third-order valence-corrected chi connectivity index (χ3v) is 3.96. The molecule has 1 aromatic heterocycles. The summed E-state index contributed by atoms with van der Waals surface area (Å²) in [6.45, 7) is 3.83. The van der Waals surface area contributed by atoms with Crippen LogP contribution in [-0.4, -0.2) is 30.1 Å². The molecule has 19 heavy (non-hydrogen) atoms. The second-order valence-corrected chi connectivity index (χ2v) is 5.78. The molecule has 0 fully saturated rings. The van der Waals surface area contributed by atoms with Crippen molar-refractivity contribution < 1.29 is 18.3 Å². The van der Waals surface area contributed by atoms with Crippen LogP contribution in [0, 0.1) is 12.3 Å². The quantitative estimate of drug-likeness (QED) is 0.760. The molecule has 0 aliphatic rings. The largest absolute Gasteiger partial charge is 0.477 e. The average Bonchev–Trinajstić information content (AvgIpc) is 2.74. The van der Waals surface area contributed by atoms with E-state index >= 15 is 0 Å². The van der Waals surface area contributed by atoms with E-state index in [-0.39, 0.29) is 10.6 Å². The summed E-state index contributed by atoms with van der Waals surface area (Å²) >= 11 is 0. The maximum absolute atomic E-state index is 12.0. The average molecular weight is 284 g/mol. The summed E-state index contributed by atoms with van der Waals surface area (Å²) in [5, 5.41) is 9.03. The number of carboxylic acid groups (broad SMARTS) is 1. The molecule has 7 heteroatoms. The number of terminal acetylenes is 1. The summed E-state index contributed by atoms with van der Waals surface area (Å²) in [4.78, 5) is 11.0. The van der Waals surface area contributed by atoms with Gasteiger partial charge in [0.05, 0.1) is 6.04 Å². The highest BCUT2D eigenvalue weighted by atomic mass is 32.2. The lowest BCUT2D eigenvalue weighted by Crippen LogP contribution is -2.31. The first-order chi connectivity index (χ1) is 8.81. The number of nitrogens with zero attached hydrogens (tertiary/aromatic N) is 1. The van der Waals surface area contributed by atoms with E-state index in [0.717, 1.165) is 6.07 Å². The van der Waals surface area contributed by atoms with Gasteiger partial charge in [-0.1, -0.05) is 12.8 Å². The van der Waals surface area contributed by atoms with Crippen molar-refractivity contribution >= 4 is 16.0 Å². The molecule has 0 radical (unpaired) electrons. The summed E-state index contributed by atoms with van der Waals surface area (Å²) in [5.41, 5.74) is -0.0596. The minimum atomic E-state index is -3.80. The van der Waals surface area contributed by atoms with Crippen LogP contribution in [0.1, 0.15) is 30.8 Å². The zero-order chi connectivity index (χ0) is 14.6. The van der Waals surface area contributed by atoms with Crippen molar-refractivity contribution in [2.75, 3.05) is 0 Å². The van der Waals surface area contributed by atoms with Gasteiger partial charge in [0.1, 0.15) is 10.6 Å². The van der Waals surface area contributed by atoms with E-state index in [1.807, 2.05) is 6.92 Å². The highest BCUT2D eigenvalue weighted by Gasteiger charge is 2.22. The van der Waals surface area contributed by atoms with Crippen LogP contribution in [0.15, 0.2) is 17.2 Å². The monoisotopic (exact) mass is 284 g/mol. The van der Waals surface area contributed by atoms with Crippen molar-refractivity contribution in [2.45, 2.75) is 37.8 Å². The first-order valence-electron chi connectivity index (χ1n) is 5.73. The van der Waals surface area contributed by atoms with Crippen molar-refractivity contribution in [1.29, 1.82) is 0 Å². The molecule has 0 aromatic carbocycles. The smallest absolute Gasteiger partial charge is 0.352 e. The zero-order valence-electron chi connectivity index (χ0n) is 10.8. The van der Waals surface area contributed by atoms with E-state index in [1.165, 1.54) is 17.7 Å². The van der Waals surface area contributed by atoms with Gasteiger partial charge in [0.15, 0.2) is 0 Å². The molecule has 0 aliphatic carbocycles. The van der Waals surface area contributed by atoms with E-state index < -0.39 is 22.0 Å². The van der Waals surface area contributed by atoms with Crippen LogP contribution in [-0.2, 0) is 16.6 Å². The fourth-order valence-corrected chi connectivity index (χ4v) is 2.77. The Morgan fingerprint density at radius 2 is 2.26 bits per heavy atom. The van der Waals surface area contributed by atoms with E-state index in [4.69, 9.17) is 11.5 Å². The normalized spacial score (nSPS) is 12.9. The third-order valence-electron chi connectivity index (χ3n) is 2.45. The van der Waals surface area contributed by atoms with Crippen LogP contribution in [0.2, 0.25) is 0 Å². The standard InChI is InChI=1S/C12H16N2O4S/c1-4-6-14-8-10(7-11(14)12(15)16)19(17,18)13-9(3)5-2/h2,7-9,13H,4,6H2,1,3H3,(H,15,16). The highest BCUT2D eigenvalue weighted by molar-refractivity contribution is 7.89. The second-order valence-electron chi connectivity index (χ2n) is 4.07. The Bertz CT molecular complexity index is 610. The molecule has 1 atom stereocenters. The molecule has 0 saturated carbocycles. The number of aromatic carboxylic acids is 1. The first-order valence-corrected chi connectivity index (χ1v) is 7.22. The fourth-order valence-electron chi connectivity index (χ4n) is 1.57. The van der Waals surface area contributed by atoms with Gasteiger partial charge in [-0.2, -0.15) is 4.72 Å². The van der Waals surface area contributed by atoms with Gasteiger partial charge in [-0.05, 0) is 19.4 Å². The highest BCUT2D eigenvalue weighted by Crippen LogP contribution is 2.15. The van der Waals surface area contributed by atoms with Crippen molar-refractivity contribution in [2.24, 2.45) is 0 Å². The number of carbonyl (C=O) groups is 1. The molecule has 104 valence electrons. The molecule has 0 aliphatic heterocycles. The summed E-state index contributed by atoms with van der Waals surface area (Å²) in [6.07, 6.45) is 7.11. The Hall–Kier alpha value is -1.78. The minimum absolute atomic E-state index is 0.0596. The molecule has 1 aromatic rings. The van der Waals surface area contributed by atoms with Crippen LogP contribution < -0.4 is 4.72 Å². The van der Waals surface area contributed by atoms with Gasteiger partial charge in [0, 0.05) is 12.7 Å². The molecular formula is C12H16N2O4S. The maximum Gasteiger partial charge on any atom is 0.352 e. The summed E-state index contributed by atoms with van der Waals surface area (Å²) in [7, 11) is -3.80. The molecular weight excluding hydrogens is 268 g/mol. The van der Waals surface area contributed by atoms with Gasteiger partial charge in [0.2, 0.25) is 10.0 Å².